The van der Waals surface area contributed by atoms with E-state index in [0.717, 1.165) is 12.8 Å². The minimum Gasteiger partial charge on any atom is -0.466 e. The minimum absolute atomic E-state index is 0.0680. The number of hydrogen-bond donors (Lipinski definition) is 1. The lowest BCUT2D eigenvalue weighted by Gasteiger charge is -2.16. The van der Waals surface area contributed by atoms with Gasteiger partial charge in [0.05, 0.1) is 12.0 Å². The van der Waals surface area contributed by atoms with Gasteiger partial charge in [0.15, 0.2) is 0 Å². The summed E-state index contributed by atoms with van der Waals surface area (Å²) in [5, 5.41) is 0. The molecule has 0 amide bonds. The van der Waals surface area contributed by atoms with E-state index in [1.807, 2.05) is 13.8 Å². The number of hydrogen-bond acceptors (Lipinski definition) is 3. The molecule has 0 saturated heterocycles. The van der Waals surface area contributed by atoms with E-state index in [-0.39, 0.29) is 17.4 Å². The largest absolute Gasteiger partial charge is 0.466 e. The molecule has 64 valence electrons. The van der Waals surface area contributed by atoms with Crippen LogP contribution < -0.4 is 5.73 Å². The summed E-state index contributed by atoms with van der Waals surface area (Å²) in [6, 6.07) is -0.0680. The maximum Gasteiger partial charge on any atom is 0.313 e. The molecule has 0 aromatic heterocycles. The summed E-state index contributed by atoms with van der Waals surface area (Å²) in [6.45, 7) is 4.13. The molecule has 0 unspecified atom stereocenters. The monoisotopic (exact) mass is 157 g/mol. The molecule has 1 atom stereocenters. The van der Waals surface area contributed by atoms with Crippen LogP contribution in [0.25, 0.3) is 0 Å². The molecule has 2 N–H and O–H groups in total. The summed E-state index contributed by atoms with van der Waals surface area (Å²) in [5.74, 6) is -0.116. The van der Waals surface area contributed by atoms with Crippen molar-refractivity contribution >= 4 is 5.97 Å². The first-order chi connectivity index (χ1) is 5.13. The summed E-state index contributed by atoms with van der Waals surface area (Å²) < 4.78 is 4.91. The van der Waals surface area contributed by atoms with Gasteiger partial charge in [-0.3, -0.25) is 4.79 Å². The van der Waals surface area contributed by atoms with Gasteiger partial charge in [-0.1, -0.05) is 0 Å². The quantitative estimate of drug-likeness (QED) is 0.613. The van der Waals surface area contributed by atoms with Crippen LogP contribution in [0.5, 0.6) is 0 Å². The standard InChI is InChI=1S/C8H15NO2/c1-3-11-7(10)8(4-5-8)6(2)9/h6H,3-5,9H2,1-2H3/t6-/m0/s1. The van der Waals surface area contributed by atoms with Crippen LogP contribution in [0.4, 0.5) is 0 Å². The van der Waals surface area contributed by atoms with E-state index in [2.05, 4.69) is 0 Å². The van der Waals surface area contributed by atoms with Crippen molar-refractivity contribution in [3.8, 4) is 0 Å². The Labute approximate surface area is 66.9 Å². The average molecular weight is 157 g/mol. The van der Waals surface area contributed by atoms with Gasteiger partial charge in [0.25, 0.3) is 0 Å². The predicted octanol–water partition coefficient (Wildman–Crippen LogP) is 0.677. The van der Waals surface area contributed by atoms with Gasteiger partial charge in [-0.25, -0.2) is 0 Å². The van der Waals surface area contributed by atoms with Gasteiger partial charge in [-0.05, 0) is 26.7 Å². The number of rotatable bonds is 3. The van der Waals surface area contributed by atoms with E-state index in [4.69, 9.17) is 10.5 Å². The molecule has 1 rings (SSSR count). The minimum atomic E-state index is -0.323. The third-order valence-corrected chi connectivity index (χ3v) is 2.34. The van der Waals surface area contributed by atoms with Crippen LogP contribution in [-0.4, -0.2) is 18.6 Å². The highest BCUT2D eigenvalue weighted by Crippen LogP contribution is 2.48. The smallest absolute Gasteiger partial charge is 0.313 e. The molecule has 0 radical (unpaired) electrons. The van der Waals surface area contributed by atoms with Gasteiger partial charge in [-0.2, -0.15) is 0 Å². The van der Waals surface area contributed by atoms with Crippen molar-refractivity contribution in [1.29, 1.82) is 0 Å². The fourth-order valence-corrected chi connectivity index (χ4v) is 1.25. The molecule has 0 aromatic carbocycles. The Kier molecular flexibility index (Phi) is 2.18. The van der Waals surface area contributed by atoms with Gasteiger partial charge in [0, 0.05) is 6.04 Å². The maximum atomic E-state index is 11.3. The van der Waals surface area contributed by atoms with E-state index in [9.17, 15) is 4.79 Å². The number of nitrogens with two attached hydrogens (primary N) is 1. The fraction of sp³-hybridized carbons (Fsp3) is 0.875. The molecule has 1 aliphatic carbocycles. The van der Waals surface area contributed by atoms with Crippen molar-refractivity contribution in [2.45, 2.75) is 32.7 Å². The predicted molar refractivity (Wildman–Crippen MR) is 41.9 cm³/mol. The number of carbonyl (C=O) groups is 1. The Morgan fingerprint density at radius 1 is 1.73 bits per heavy atom. The first kappa shape index (κ1) is 8.53. The Morgan fingerprint density at radius 2 is 2.27 bits per heavy atom. The van der Waals surface area contributed by atoms with Gasteiger partial charge >= 0.3 is 5.97 Å². The second kappa shape index (κ2) is 2.81. The van der Waals surface area contributed by atoms with E-state index in [1.54, 1.807) is 0 Å². The average Bonchev–Trinajstić information content (AvgIpc) is 2.66. The summed E-state index contributed by atoms with van der Waals surface area (Å²) in [7, 11) is 0. The highest BCUT2D eigenvalue weighted by molar-refractivity contribution is 5.80. The van der Waals surface area contributed by atoms with Crippen molar-refractivity contribution in [1.82, 2.24) is 0 Å². The van der Waals surface area contributed by atoms with Crippen LogP contribution in [0.2, 0.25) is 0 Å². The van der Waals surface area contributed by atoms with Crippen LogP contribution in [0, 0.1) is 5.41 Å². The molecule has 1 aliphatic rings. The summed E-state index contributed by atoms with van der Waals surface area (Å²) >= 11 is 0. The van der Waals surface area contributed by atoms with Crippen LogP contribution in [0.15, 0.2) is 0 Å². The third-order valence-electron chi connectivity index (χ3n) is 2.34. The van der Waals surface area contributed by atoms with E-state index >= 15 is 0 Å². The number of ether oxygens (including phenoxy) is 1. The Bertz CT molecular complexity index is 161. The van der Waals surface area contributed by atoms with Crippen molar-refractivity contribution < 1.29 is 9.53 Å². The van der Waals surface area contributed by atoms with Crippen molar-refractivity contribution in [3.63, 3.8) is 0 Å². The second-order valence-corrected chi connectivity index (χ2v) is 3.17. The van der Waals surface area contributed by atoms with Crippen molar-refractivity contribution in [2.24, 2.45) is 11.1 Å². The lowest BCUT2D eigenvalue weighted by Crippen LogP contribution is -2.36. The van der Waals surface area contributed by atoms with Crippen molar-refractivity contribution in [3.05, 3.63) is 0 Å². The fourth-order valence-electron chi connectivity index (χ4n) is 1.25. The second-order valence-electron chi connectivity index (χ2n) is 3.17. The van der Waals surface area contributed by atoms with Crippen molar-refractivity contribution in [2.75, 3.05) is 6.61 Å². The molecule has 11 heavy (non-hydrogen) atoms. The zero-order valence-electron chi connectivity index (χ0n) is 7.09. The topological polar surface area (TPSA) is 52.3 Å². The molecule has 3 nitrogen and oxygen atoms in total. The van der Waals surface area contributed by atoms with Crippen LogP contribution >= 0.6 is 0 Å². The molecule has 0 aliphatic heterocycles. The Hall–Kier alpha value is -0.570. The Balaban J connectivity index is 2.51. The first-order valence-corrected chi connectivity index (χ1v) is 4.06. The maximum absolute atomic E-state index is 11.3. The molecular weight excluding hydrogens is 142 g/mol. The lowest BCUT2D eigenvalue weighted by molar-refractivity contribution is -0.150. The summed E-state index contributed by atoms with van der Waals surface area (Å²) in [4.78, 5) is 11.3. The molecule has 0 bridgehead atoms. The zero-order valence-corrected chi connectivity index (χ0v) is 7.09. The third kappa shape index (κ3) is 1.38. The number of carbonyl (C=O) groups excluding carboxylic acids is 1. The highest BCUT2D eigenvalue weighted by atomic mass is 16.5. The van der Waals surface area contributed by atoms with Crippen LogP contribution in [0.1, 0.15) is 26.7 Å². The molecule has 1 saturated carbocycles. The lowest BCUT2D eigenvalue weighted by atomic mass is 9.99. The highest BCUT2D eigenvalue weighted by Gasteiger charge is 2.54. The van der Waals surface area contributed by atoms with Crippen LogP contribution in [0.3, 0.4) is 0 Å². The zero-order chi connectivity index (χ0) is 8.48. The van der Waals surface area contributed by atoms with Gasteiger partial charge in [0.1, 0.15) is 0 Å². The first-order valence-electron chi connectivity index (χ1n) is 4.06. The van der Waals surface area contributed by atoms with Gasteiger partial charge < -0.3 is 10.5 Å². The molecular formula is C8H15NO2. The molecule has 3 heteroatoms. The van der Waals surface area contributed by atoms with Crippen LogP contribution in [-0.2, 0) is 9.53 Å². The SMILES string of the molecule is CCOC(=O)C1([C@H](C)N)CC1. The van der Waals surface area contributed by atoms with E-state index in [1.165, 1.54) is 0 Å². The van der Waals surface area contributed by atoms with E-state index < -0.39 is 0 Å². The van der Waals surface area contributed by atoms with E-state index in [0.29, 0.717) is 6.61 Å². The van der Waals surface area contributed by atoms with Gasteiger partial charge in [-0.15, -0.1) is 0 Å². The molecule has 0 aromatic rings. The normalized spacial score (nSPS) is 22.5. The number of esters is 1. The molecule has 0 heterocycles. The summed E-state index contributed by atoms with van der Waals surface area (Å²) in [6.07, 6.45) is 1.78. The summed E-state index contributed by atoms with van der Waals surface area (Å²) in [5.41, 5.74) is 5.34. The molecule has 1 fully saturated rings. The Morgan fingerprint density at radius 3 is 2.55 bits per heavy atom. The molecule has 0 spiro atoms. The van der Waals surface area contributed by atoms with Gasteiger partial charge in [0.2, 0.25) is 0 Å².